The zero-order valence-corrected chi connectivity index (χ0v) is 22.9. The number of para-hydroxylation sites is 2. The summed E-state index contributed by atoms with van der Waals surface area (Å²) < 4.78 is 63.6. The lowest BCUT2D eigenvalue weighted by Gasteiger charge is -2.25. The summed E-state index contributed by atoms with van der Waals surface area (Å²) in [5.74, 6) is 0.552. The van der Waals surface area contributed by atoms with Crippen molar-refractivity contribution in [2.45, 2.75) is 4.90 Å². The third-order valence-electron chi connectivity index (χ3n) is 6.43. The van der Waals surface area contributed by atoms with Gasteiger partial charge in [-0.1, -0.05) is 35.3 Å². The molecule has 6 aromatic rings. The summed E-state index contributed by atoms with van der Waals surface area (Å²) in [5, 5.41) is 1.30. The number of hydrogen-bond donors (Lipinski definition) is 0. The van der Waals surface area contributed by atoms with Crippen LogP contribution in [0, 0.1) is 0 Å². The fourth-order valence-corrected chi connectivity index (χ4v) is 6.31. The molecule has 0 saturated heterocycles. The molecule has 7 nitrogen and oxygen atoms in total. The number of ether oxygens (including phenoxy) is 1. The molecular weight excluding hydrogens is 580 g/mol. The van der Waals surface area contributed by atoms with Gasteiger partial charge in [0.1, 0.15) is 17.2 Å². The molecule has 2 heterocycles. The first-order valence-electron chi connectivity index (χ1n) is 11.8. The monoisotopic (exact) mass is 596 g/mol. The first-order valence-corrected chi connectivity index (χ1v) is 14.0. The zero-order chi connectivity index (χ0) is 28.2. The summed E-state index contributed by atoms with van der Waals surface area (Å²) in [6.45, 7) is 0. The van der Waals surface area contributed by atoms with Gasteiger partial charge in [-0.25, -0.2) is 22.6 Å². The Labute approximate surface area is 237 Å². The van der Waals surface area contributed by atoms with E-state index in [1.165, 1.54) is 49.6 Å². The van der Waals surface area contributed by atoms with Crippen LogP contribution in [0.5, 0.6) is 5.75 Å². The molecule has 0 bridgehead atoms. The highest BCUT2D eigenvalue weighted by Crippen LogP contribution is 2.39. The number of anilines is 1. The van der Waals surface area contributed by atoms with Crippen LogP contribution in [0.4, 0.5) is 14.3 Å². The SMILES string of the molecule is COc1ccc(S(=O)(=O)N(B(F)F)c2ccc(Cl)cc2-c2nc3ccc(Cl)cc3c3nc4ccccc4n23)cc1. The largest absolute Gasteiger partial charge is 0.688 e. The number of methoxy groups -OCH3 is 1. The second-order valence-corrected chi connectivity index (χ2v) is 11.5. The van der Waals surface area contributed by atoms with Crippen LogP contribution in [0.25, 0.3) is 39.0 Å². The molecule has 6 rings (SSSR count). The second-order valence-electron chi connectivity index (χ2n) is 8.77. The number of aromatic nitrogens is 3. The van der Waals surface area contributed by atoms with Crippen LogP contribution in [0.2, 0.25) is 10.0 Å². The summed E-state index contributed by atoms with van der Waals surface area (Å²) in [4.78, 5) is 9.20. The Morgan fingerprint density at radius 2 is 1.57 bits per heavy atom. The van der Waals surface area contributed by atoms with Crippen LogP contribution >= 0.6 is 23.2 Å². The molecule has 0 radical (unpaired) electrons. The van der Waals surface area contributed by atoms with E-state index in [1.54, 1.807) is 40.8 Å². The van der Waals surface area contributed by atoms with E-state index in [9.17, 15) is 17.0 Å². The van der Waals surface area contributed by atoms with E-state index in [0.29, 0.717) is 38.4 Å². The van der Waals surface area contributed by atoms with Gasteiger partial charge in [-0.2, -0.15) is 0 Å². The fourth-order valence-electron chi connectivity index (χ4n) is 4.63. The van der Waals surface area contributed by atoms with Gasteiger partial charge < -0.3 is 4.74 Å². The van der Waals surface area contributed by atoms with Crippen molar-refractivity contribution in [1.29, 1.82) is 0 Å². The molecule has 0 N–H and O–H groups in total. The average molecular weight is 597 g/mol. The molecule has 40 heavy (non-hydrogen) atoms. The van der Waals surface area contributed by atoms with Crippen molar-refractivity contribution in [3.8, 4) is 17.1 Å². The number of halogens is 4. The zero-order valence-electron chi connectivity index (χ0n) is 20.6. The van der Waals surface area contributed by atoms with E-state index in [2.05, 4.69) is 0 Å². The minimum Gasteiger partial charge on any atom is -0.497 e. The van der Waals surface area contributed by atoms with Gasteiger partial charge in [0.2, 0.25) is 0 Å². The van der Waals surface area contributed by atoms with Gasteiger partial charge in [0, 0.05) is 21.0 Å². The maximum Gasteiger partial charge on any atom is 0.688 e. The summed E-state index contributed by atoms with van der Waals surface area (Å²) in [6, 6.07) is 21.5. The number of nitrogens with zero attached hydrogens (tertiary/aromatic N) is 4. The smallest absolute Gasteiger partial charge is 0.497 e. The molecular formula is C27H17BCl2F2N4O3S. The summed E-state index contributed by atoms with van der Waals surface area (Å²) in [6.07, 6.45) is 0. The minimum absolute atomic E-state index is 0.0647. The van der Waals surface area contributed by atoms with Crippen LogP contribution in [0.1, 0.15) is 0 Å². The maximum absolute atomic E-state index is 14.7. The number of fused-ring (bicyclic) bond motifs is 5. The highest BCUT2D eigenvalue weighted by Gasteiger charge is 2.39. The van der Waals surface area contributed by atoms with Crippen molar-refractivity contribution >= 4 is 73.9 Å². The molecule has 0 aliphatic carbocycles. The average Bonchev–Trinajstić information content (AvgIpc) is 3.33. The van der Waals surface area contributed by atoms with Gasteiger partial charge in [-0.15, -0.1) is 0 Å². The molecule has 0 spiro atoms. The molecule has 0 amide bonds. The molecule has 0 fully saturated rings. The predicted octanol–water partition coefficient (Wildman–Crippen LogP) is 7.14. The minimum atomic E-state index is -4.74. The number of hydrogen-bond acceptors (Lipinski definition) is 5. The Bertz CT molecular complexity index is 2040. The normalized spacial score (nSPS) is 11.8. The van der Waals surface area contributed by atoms with Crippen LogP contribution < -0.4 is 8.95 Å². The van der Waals surface area contributed by atoms with Gasteiger partial charge in [-0.05, 0) is 72.8 Å². The Morgan fingerprint density at radius 3 is 2.30 bits per heavy atom. The van der Waals surface area contributed by atoms with E-state index in [1.807, 2.05) is 6.07 Å². The van der Waals surface area contributed by atoms with Gasteiger partial charge >= 0.3 is 7.40 Å². The third kappa shape index (κ3) is 4.30. The van der Waals surface area contributed by atoms with Crippen molar-refractivity contribution in [2.75, 3.05) is 11.3 Å². The lowest BCUT2D eigenvalue weighted by Crippen LogP contribution is -2.39. The first-order chi connectivity index (χ1) is 19.2. The van der Waals surface area contributed by atoms with E-state index >= 15 is 0 Å². The third-order valence-corrected chi connectivity index (χ3v) is 8.64. The first kappa shape index (κ1) is 26.3. The van der Waals surface area contributed by atoms with Gasteiger partial charge in [0.15, 0.2) is 0 Å². The van der Waals surface area contributed by atoms with Crippen molar-refractivity contribution in [2.24, 2.45) is 0 Å². The van der Waals surface area contributed by atoms with Crippen LogP contribution in [-0.2, 0) is 10.0 Å². The van der Waals surface area contributed by atoms with Crippen LogP contribution in [0.15, 0.2) is 89.8 Å². The van der Waals surface area contributed by atoms with Gasteiger partial charge in [0.05, 0.1) is 34.2 Å². The van der Waals surface area contributed by atoms with Crippen LogP contribution in [-0.4, -0.2) is 37.3 Å². The Kier molecular flexibility index (Phi) is 6.52. The topological polar surface area (TPSA) is 76.8 Å². The molecule has 200 valence electrons. The standard InChI is InChI=1S/C27H17BCl2F2N4O3S/c1-39-18-8-10-19(11-9-18)40(37,38)36(28(31)32)24-13-7-17(30)15-21(24)27-33-22-12-6-16(29)14-20(22)26-34-23-4-2-3-5-25(23)35(26)27/h2-15H,1H3. The highest BCUT2D eigenvalue weighted by molar-refractivity contribution is 7.94. The molecule has 0 saturated carbocycles. The van der Waals surface area contributed by atoms with Crippen molar-refractivity contribution in [3.63, 3.8) is 0 Å². The molecule has 2 aromatic heterocycles. The Morgan fingerprint density at radius 1 is 0.875 bits per heavy atom. The van der Waals surface area contributed by atoms with Gasteiger partial charge in [-0.3, -0.25) is 13.0 Å². The molecule has 0 aliphatic rings. The van der Waals surface area contributed by atoms with E-state index < -0.39 is 17.4 Å². The molecule has 0 unspecified atom stereocenters. The van der Waals surface area contributed by atoms with E-state index in [0.717, 1.165) is 0 Å². The maximum atomic E-state index is 14.7. The molecule has 13 heteroatoms. The Hall–Kier alpha value is -3.93. The fraction of sp³-hybridized carbons (Fsp3) is 0.0370. The van der Waals surface area contributed by atoms with E-state index in [-0.39, 0.29) is 31.2 Å². The Balaban J connectivity index is 1.68. The van der Waals surface area contributed by atoms with Crippen molar-refractivity contribution in [3.05, 3.63) is 95.0 Å². The highest BCUT2D eigenvalue weighted by atomic mass is 35.5. The summed E-state index contributed by atoms with van der Waals surface area (Å²) in [5.41, 5.74) is 1.96. The summed E-state index contributed by atoms with van der Waals surface area (Å²) in [7, 11) is -6.75. The number of imidazole rings is 1. The predicted molar refractivity (Wildman–Crippen MR) is 154 cm³/mol. The number of rotatable bonds is 6. The molecule has 0 aliphatic heterocycles. The second kappa shape index (κ2) is 9.92. The van der Waals surface area contributed by atoms with Crippen molar-refractivity contribution in [1.82, 2.24) is 14.4 Å². The van der Waals surface area contributed by atoms with Crippen LogP contribution in [0.3, 0.4) is 0 Å². The van der Waals surface area contributed by atoms with E-state index in [4.69, 9.17) is 37.9 Å². The summed E-state index contributed by atoms with van der Waals surface area (Å²) >= 11 is 12.6. The number of benzene rings is 4. The van der Waals surface area contributed by atoms with Crippen molar-refractivity contribution < 1.29 is 21.8 Å². The lowest BCUT2D eigenvalue weighted by atomic mass is 10.1. The number of sulfonamides is 1. The molecule has 4 aromatic carbocycles. The quantitative estimate of drug-likeness (QED) is 0.191. The molecule has 0 atom stereocenters. The lowest BCUT2D eigenvalue weighted by molar-refractivity contribution is 0.414. The van der Waals surface area contributed by atoms with Gasteiger partial charge in [0.25, 0.3) is 10.0 Å².